The lowest BCUT2D eigenvalue weighted by atomic mass is 10.0. The Labute approximate surface area is 127 Å². The van der Waals surface area contributed by atoms with Crippen LogP contribution in [0.1, 0.15) is 45.4 Å². The quantitative estimate of drug-likeness (QED) is 0.836. The fourth-order valence-electron chi connectivity index (χ4n) is 3.93. The van der Waals surface area contributed by atoms with Gasteiger partial charge in [0.05, 0.1) is 44.7 Å². The Morgan fingerprint density at radius 2 is 2.10 bits per heavy atom. The van der Waals surface area contributed by atoms with Gasteiger partial charge in [-0.1, -0.05) is 26.2 Å². The van der Waals surface area contributed by atoms with Crippen LogP contribution in [0.25, 0.3) is 0 Å². The van der Waals surface area contributed by atoms with Crippen molar-refractivity contribution in [2.45, 2.75) is 63.8 Å². The molecule has 3 rings (SSSR count). The Bertz CT molecular complexity index is 351. The number of hydrogen-bond acceptors (Lipinski definition) is 4. The van der Waals surface area contributed by atoms with Crippen LogP contribution < -0.4 is 5.32 Å². The number of carbonyl (C=O) groups excluding carboxylic acids is 1. The minimum absolute atomic E-state index is 0.00473. The van der Waals surface area contributed by atoms with Gasteiger partial charge in [-0.2, -0.15) is 0 Å². The molecule has 1 N–H and O–H groups in total. The van der Waals surface area contributed by atoms with E-state index < -0.39 is 0 Å². The maximum absolute atomic E-state index is 12.7. The van der Waals surface area contributed by atoms with E-state index in [4.69, 9.17) is 9.47 Å². The summed E-state index contributed by atoms with van der Waals surface area (Å²) in [5, 5.41) is 3.60. The van der Waals surface area contributed by atoms with E-state index in [1.165, 1.54) is 25.7 Å². The maximum Gasteiger partial charge on any atom is 0.241 e. The molecule has 0 radical (unpaired) electrons. The zero-order valence-corrected chi connectivity index (χ0v) is 13.1. The van der Waals surface area contributed by atoms with Crippen molar-refractivity contribution in [2.75, 3.05) is 26.4 Å². The molecule has 3 unspecified atom stereocenters. The SMILES string of the molecule is CCCC1NC(C2CCCC2)N(CC2COCCO2)C1=O. The summed E-state index contributed by atoms with van der Waals surface area (Å²) in [6.45, 7) is 4.74. The second kappa shape index (κ2) is 7.07. The third-order valence-electron chi connectivity index (χ3n) is 5.00. The molecule has 1 saturated carbocycles. The van der Waals surface area contributed by atoms with Crippen LogP contribution in [0.15, 0.2) is 0 Å². The number of hydrogen-bond donors (Lipinski definition) is 1. The molecule has 2 saturated heterocycles. The first-order valence-electron chi connectivity index (χ1n) is 8.55. The normalized spacial score (nSPS) is 34.8. The highest BCUT2D eigenvalue weighted by Crippen LogP contribution is 2.32. The summed E-state index contributed by atoms with van der Waals surface area (Å²) in [6, 6.07) is 0.00473. The van der Waals surface area contributed by atoms with E-state index in [0.717, 1.165) is 12.8 Å². The van der Waals surface area contributed by atoms with Crippen molar-refractivity contribution in [3.63, 3.8) is 0 Å². The van der Waals surface area contributed by atoms with E-state index in [1.807, 2.05) is 0 Å². The van der Waals surface area contributed by atoms with E-state index >= 15 is 0 Å². The number of nitrogens with zero attached hydrogens (tertiary/aromatic N) is 1. The summed E-state index contributed by atoms with van der Waals surface area (Å²) in [7, 11) is 0. The van der Waals surface area contributed by atoms with Gasteiger partial charge in [-0.15, -0.1) is 0 Å². The second-order valence-corrected chi connectivity index (χ2v) is 6.56. The largest absolute Gasteiger partial charge is 0.376 e. The average molecular weight is 296 g/mol. The first-order chi connectivity index (χ1) is 10.3. The standard InChI is InChI=1S/C16H28N2O3/c1-2-5-14-16(19)18(10-13-11-20-8-9-21-13)15(17-14)12-6-3-4-7-12/h12-15,17H,2-11H2,1H3. The zero-order chi connectivity index (χ0) is 14.7. The Balaban J connectivity index is 1.67. The molecule has 0 aromatic carbocycles. The van der Waals surface area contributed by atoms with Gasteiger partial charge in [0.2, 0.25) is 5.91 Å². The van der Waals surface area contributed by atoms with Crippen LogP contribution in [0.2, 0.25) is 0 Å². The van der Waals surface area contributed by atoms with Gasteiger partial charge in [0, 0.05) is 0 Å². The minimum Gasteiger partial charge on any atom is -0.376 e. The van der Waals surface area contributed by atoms with Crippen LogP contribution in [0, 0.1) is 5.92 Å². The van der Waals surface area contributed by atoms with Gasteiger partial charge in [0.25, 0.3) is 0 Å². The summed E-state index contributed by atoms with van der Waals surface area (Å²) >= 11 is 0. The van der Waals surface area contributed by atoms with E-state index in [1.54, 1.807) is 0 Å². The van der Waals surface area contributed by atoms with Crippen molar-refractivity contribution in [2.24, 2.45) is 5.92 Å². The summed E-state index contributed by atoms with van der Waals surface area (Å²) < 4.78 is 11.2. The van der Waals surface area contributed by atoms with Gasteiger partial charge in [-0.25, -0.2) is 0 Å². The molecule has 120 valence electrons. The zero-order valence-electron chi connectivity index (χ0n) is 13.1. The van der Waals surface area contributed by atoms with Crippen LogP contribution in [-0.2, 0) is 14.3 Å². The Morgan fingerprint density at radius 3 is 2.76 bits per heavy atom. The topological polar surface area (TPSA) is 50.8 Å². The Hall–Kier alpha value is -0.650. The van der Waals surface area contributed by atoms with Crippen molar-refractivity contribution in [3.8, 4) is 0 Å². The van der Waals surface area contributed by atoms with Gasteiger partial charge in [-0.05, 0) is 25.2 Å². The molecule has 0 aromatic heterocycles. The van der Waals surface area contributed by atoms with E-state index in [2.05, 4.69) is 17.1 Å². The molecule has 0 bridgehead atoms. The van der Waals surface area contributed by atoms with Crippen LogP contribution in [0.5, 0.6) is 0 Å². The lowest BCUT2D eigenvalue weighted by Crippen LogP contribution is -2.48. The van der Waals surface area contributed by atoms with Crippen molar-refractivity contribution in [1.29, 1.82) is 0 Å². The second-order valence-electron chi connectivity index (χ2n) is 6.56. The summed E-state index contributed by atoms with van der Waals surface area (Å²) in [5.41, 5.74) is 0. The van der Waals surface area contributed by atoms with Gasteiger partial charge < -0.3 is 14.4 Å². The molecule has 3 aliphatic rings. The van der Waals surface area contributed by atoms with Crippen LogP contribution in [-0.4, -0.2) is 55.5 Å². The first-order valence-corrected chi connectivity index (χ1v) is 8.55. The molecule has 21 heavy (non-hydrogen) atoms. The highest BCUT2D eigenvalue weighted by atomic mass is 16.6. The molecule has 5 heteroatoms. The smallest absolute Gasteiger partial charge is 0.241 e. The molecular formula is C16H28N2O3. The van der Waals surface area contributed by atoms with Crippen LogP contribution >= 0.6 is 0 Å². The summed E-state index contributed by atoms with van der Waals surface area (Å²) in [5.74, 6) is 0.878. The summed E-state index contributed by atoms with van der Waals surface area (Å²) in [6.07, 6.45) is 7.29. The molecule has 2 aliphatic heterocycles. The fraction of sp³-hybridized carbons (Fsp3) is 0.938. The highest BCUT2D eigenvalue weighted by Gasteiger charge is 2.43. The maximum atomic E-state index is 12.7. The van der Waals surface area contributed by atoms with Crippen molar-refractivity contribution >= 4 is 5.91 Å². The van der Waals surface area contributed by atoms with Gasteiger partial charge >= 0.3 is 0 Å². The fourth-order valence-corrected chi connectivity index (χ4v) is 3.93. The Morgan fingerprint density at radius 1 is 1.29 bits per heavy atom. The molecule has 5 nitrogen and oxygen atoms in total. The number of rotatable bonds is 5. The average Bonchev–Trinajstić information content (AvgIpc) is 3.12. The van der Waals surface area contributed by atoms with Gasteiger partial charge in [0.15, 0.2) is 0 Å². The first kappa shape index (κ1) is 15.3. The third-order valence-corrected chi connectivity index (χ3v) is 5.00. The number of carbonyl (C=O) groups is 1. The molecule has 0 aromatic rings. The van der Waals surface area contributed by atoms with E-state index in [0.29, 0.717) is 32.3 Å². The van der Waals surface area contributed by atoms with Crippen LogP contribution in [0.3, 0.4) is 0 Å². The predicted octanol–water partition coefficient (Wildman–Crippen LogP) is 1.52. The predicted molar refractivity (Wildman–Crippen MR) is 79.8 cm³/mol. The van der Waals surface area contributed by atoms with Crippen molar-refractivity contribution in [3.05, 3.63) is 0 Å². The number of nitrogens with one attached hydrogen (secondary N) is 1. The number of amides is 1. The van der Waals surface area contributed by atoms with E-state index in [9.17, 15) is 4.79 Å². The highest BCUT2D eigenvalue weighted by molar-refractivity contribution is 5.84. The molecule has 3 fully saturated rings. The Kier molecular flexibility index (Phi) is 5.14. The van der Waals surface area contributed by atoms with Crippen molar-refractivity contribution < 1.29 is 14.3 Å². The van der Waals surface area contributed by atoms with Gasteiger partial charge in [0.1, 0.15) is 0 Å². The lowest BCUT2D eigenvalue weighted by molar-refractivity contribution is -0.138. The molecule has 0 spiro atoms. The summed E-state index contributed by atoms with van der Waals surface area (Å²) in [4.78, 5) is 14.8. The molecule has 1 aliphatic carbocycles. The monoisotopic (exact) mass is 296 g/mol. The molecule has 1 amide bonds. The molecule has 2 heterocycles. The van der Waals surface area contributed by atoms with Gasteiger partial charge in [-0.3, -0.25) is 10.1 Å². The van der Waals surface area contributed by atoms with E-state index in [-0.39, 0.29) is 24.2 Å². The van der Waals surface area contributed by atoms with Crippen LogP contribution in [0.4, 0.5) is 0 Å². The third kappa shape index (κ3) is 3.41. The molecular weight excluding hydrogens is 268 g/mol. The number of ether oxygens (including phenoxy) is 2. The molecule has 3 atom stereocenters. The minimum atomic E-state index is 0.00473. The lowest BCUT2D eigenvalue weighted by Gasteiger charge is -2.33. The van der Waals surface area contributed by atoms with Crippen molar-refractivity contribution in [1.82, 2.24) is 10.2 Å².